The average Bonchev–Trinajstić information content (AvgIpc) is 2.77. The lowest BCUT2D eigenvalue weighted by Gasteiger charge is -2.04. The number of pyridine rings is 1. The topological polar surface area (TPSA) is 63.8 Å². The molecule has 0 bridgehead atoms. The van der Waals surface area contributed by atoms with E-state index < -0.39 is 0 Å². The molecule has 0 atom stereocenters. The third-order valence-electron chi connectivity index (χ3n) is 2.32. The molecular formula is C12H15BrN4O. The summed E-state index contributed by atoms with van der Waals surface area (Å²) in [4.78, 5) is 8.41. The van der Waals surface area contributed by atoms with E-state index in [1.54, 1.807) is 12.4 Å². The van der Waals surface area contributed by atoms with Gasteiger partial charge in [0.1, 0.15) is 0 Å². The monoisotopic (exact) mass is 310 g/mol. The smallest absolute Gasteiger partial charge is 0.228 e. The Morgan fingerprint density at radius 1 is 1.39 bits per heavy atom. The summed E-state index contributed by atoms with van der Waals surface area (Å²) in [6.45, 7) is 5.04. The van der Waals surface area contributed by atoms with Crippen molar-refractivity contribution >= 4 is 15.9 Å². The molecular weight excluding hydrogens is 296 g/mol. The predicted molar refractivity (Wildman–Crippen MR) is 72.1 cm³/mol. The van der Waals surface area contributed by atoms with Gasteiger partial charge in [0.15, 0.2) is 0 Å². The first-order chi connectivity index (χ1) is 8.65. The van der Waals surface area contributed by atoms with E-state index in [9.17, 15) is 0 Å². The van der Waals surface area contributed by atoms with Gasteiger partial charge in [0, 0.05) is 41.4 Å². The van der Waals surface area contributed by atoms with Gasteiger partial charge in [-0.3, -0.25) is 4.98 Å². The quantitative estimate of drug-likeness (QED) is 0.919. The van der Waals surface area contributed by atoms with E-state index in [4.69, 9.17) is 4.52 Å². The van der Waals surface area contributed by atoms with Crippen molar-refractivity contribution in [2.45, 2.75) is 26.3 Å². The number of nitrogens with one attached hydrogen (secondary N) is 1. The zero-order valence-electron chi connectivity index (χ0n) is 10.4. The summed E-state index contributed by atoms with van der Waals surface area (Å²) in [5.74, 6) is 1.21. The predicted octanol–water partition coefficient (Wildman–Crippen LogP) is 2.43. The van der Waals surface area contributed by atoms with Gasteiger partial charge in [-0.2, -0.15) is 4.98 Å². The SMILES string of the molecule is CC(C)NCCc1nc(-c2cncc(Br)c2)no1. The van der Waals surface area contributed by atoms with Crippen molar-refractivity contribution in [3.8, 4) is 11.4 Å². The van der Waals surface area contributed by atoms with Crippen LogP contribution in [-0.4, -0.2) is 27.7 Å². The first kappa shape index (κ1) is 13.2. The fourth-order valence-electron chi connectivity index (χ4n) is 1.48. The summed E-state index contributed by atoms with van der Waals surface area (Å²) in [7, 11) is 0. The highest BCUT2D eigenvalue weighted by molar-refractivity contribution is 9.10. The molecule has 2 heterocycles. The van der Waals surface area contributed by atoms with Gasteiger partial charge in [0.2, 0.25) is 11.7 Å². The Morgan fingerprint density at radius 3 is 2.94 bits per heavy atom. The average molecular weight is 311 g/mol. The molecule has 0 aliphatic heterocycles. The number of rotatable bonds is 5. The molecule has 18 heavy (non-hydrogen) atoms. The number of nitrogens with zero attached hydrogens (tertiary/aromatic N) is 3. The molecule has 0 aliphatic rings. The standard InChI is InChI=1S/C12H15BrN4O/c1-8(2)15-4-3-11-16-12(17-18-11)9-5-10(13)7-14-6-9/h5-8,15H,3-4H2,1-2H3. The zero-order valence-corrected chi connectivity index (χ0v) is 11.9. The number of hydrogen-bond acceptors (Lipinski definition) is 5. The third kappa shape index (κ3) is 3.61. The number of aromatic nitrogens is 3. The van der Waals surface area contributed by atoms with Crippen LogP contribution in [0.4, 0.5) is 0 Å². The zero-order chi connectivity index (χ0) is 13.0. The first-order valence-corrected chi connectivity index (χ1v) is 6.61. The van der Waals surface area contributed by atoms with Crippen LogP contribution >= 0.6 is 15.9 Å². The summed E-state index contributed by atoms with van der Waals surface area (Å²) in [6, 6.07) is 2.37. The summed E-state index contributed by atoms with van der Waals surface area (Å²) < 4.78 is 6.09. The summed E-state index contributed by atoms with van der Waals surface area (Å²) in [6.07, 6.45) is 4.16. The highest BCUT2D eigenvalue weighted by atomic mass is 79.9. The Hall–Kier alpha value is -1.27. The van der Waals surface area contributed by atoms with Crippen molar-refractivity contribution < 1.29 is 4.52 Å². The molecule has 5 nitrogen and oxygen atoms in total. The lowest BCUT2D eigenvalue weighted by molar-refractivity contribution is 0.374. The van der Waals surface area contributed by atoms with Crippen LogP contribution in [-0.2, 0) is 6.42 Å². The van der Waals surface area contributed by atoms with Crippen LogP contribution in [0.5, 0.6) is 0 Å². The van der Waals surface area contributed by atoms with Crippen LogP contribution < -0.4 is 5.32 Å². The fourth-order valence-corrected chi connectivity index (χ4v) is 1.84. The van der Waals surface area contributed by atoms with Crippen LogP contribution in [0.15, 0.2) is 27.5 Å². The van der Waals surface area contributed by atoms with Gasteiger partial charge in [0.05, 0.1) is 0 Å². The highest BCUT2D eigenvalue weighted by Gasteiger charge is 2.09. The summed E-state index contributed by atoms with van der Waals surface area (Å²) in [5, 5.41) is 7.26. The summed E-state index contributed by atoms with van der Waals surface area (Å²) in [5.41, 5.74) is 0.844. The van der Waals surface area contributed by atoms with Crippen molar-refractivity contribution in [1.82, 2.24) is 20.4 Å². The van der Waals surface area contributed by atoms with E-state index in [2.05, 4.69) is 50.2 Å². The minimum atomic E-state index is 0.460. The van der Waals surface area contributed by atoms with Crippen LogP contribution in [0.25, 0.3) is 11.4 Å². The van der Waals surface area contributed by atoms with Crippen LogP contribution in [0.3, 0.4) is 0 Å². The fraction of sp³-hybridized carbons (Fsp3) is 0.417. The Labute approximate surface area is 114 Å². The Kier molecular flexibility index (Phi) is 4.43. The Balaban J connectivity index is 2.02. The van der Waals surface area contributed by atoms with Gasteiger partial charge in [0.25, 0.3) is 0 Å². The van der Waals surface area contributed by atoms with Crippen LogP contribution in [0.2, 0.25) is 0 Å². The van der Waals surface area contributed by atoms with Crippen LogP contribution in [0, 0.1) is 0 Å². The van der Waals surface area contributed by atoms with Gasteiger partial charge in [-0.25, -0.2) is 0 Å². The second-order valence-electron chi connectivity index (χ2n) is 4.26. The van der Waals surface area contributed by atoms with Gasteiger partial charge >= 0.3 is 0 Å². The van der Waals surface area contributed by atoms with Crippen molar-refractivity contribution in [1.29, 1.82) is 0 Å². The molecule has 0 unspecified atom stereocenters. The Morgan fingerprint density at radius 2 is 2.22 bits per heavy atom. The van der Waals surface area contributed by atoms with E-state index in [0.717, 1.165) is 23.0 Å². The van der Waals surface area contributed by atoms with Gasteiger partial charge in [-0.15, -0.1) is 0 Å². The van der Waals surface area contributed by atoms with Crippen molar-refractivity contribution in [3.63, 3.8) is 0 Å². The molecule has 0 saturated carbocycles. The number of halogens is 1. The molecule has 2 aromatic heterocycles. The maximum absolute atomic E-state index is 5.20. The molecule has 0 fully saturated rings. The molecule has 0 aromatic carbocycles. The second-order valence-corrected chi connectivity index (χ2v) is 5.18. The lowest BCUT2D eigenvalue weighted by Crippen LogP contribution is -2.25. The maximum atomic E-state index is 5.20. The van der Waals surface area contributed by atoms with E-state index in [-0.39, 0.29) is 0 Å². The van der Waals surface area contributed by atoms with E-state index in [1.807, 2.05) is 6.07 Å². The van der Waals surface area contributed by atoms with Crippen molar-refractivity contribution in [2.75, 3.05) is 6.54 Å². The van der Waals surface area contributed by atoms with Gasteiger partial charge in [-0.05, 0) is 22.0 Å². The summed E-state index contributed by atoms with van der Waals surface area (Å²) >= 11 is 3.37. The van der Waals surface area contributed by atoms with Crippen molar-refractivity contribution in [2.24, 2.45) is 0 Å². The molecule has 6 heteroatoms. The first-order valence-electron chi connectivity index (χ1n) is 5.82. The molecule has 0 aliphatic carbocycles. The molecule has 96 valence electrons. The van der Waals surface area contributed by atoms with E-state index in [0.29, 0.717) is 17.8 Å². The van der Waals surface area contributed by atoms with E-state index in [1.165, 1.54) is 0 Å². The molecule has 1 N–H and O–H groups in total. The molecule has 2 aromatic rings. The lowest BCUT2D eigenvalue weighted by atomic mass is 10.3. The minimum absolute atomic E-state index is 0.460. The normalized spacial score (nSPS) is 11.1. The third-order valence-corrected chi connectivity index (χ3v) is 2.76. The Bertz CT molecular complexity index is 512. The van der Waals surface area contributed by atoms with Gasteiger partial charge in [-0.1, -0.05) is 19.0 Å². The molecule has 0 radical (unpaired) electrons. The maximum Gasteiger partial charge on any atom is 0.228 e. The minimum Gasteiger partial charge on any atom is -0.339 e. The highest BCUT2D eigenvalue weighted by Crippen LogP contribution is 2.18. The largest absolute Gasteiger partial charge is 0.339 e. The van der Waals surface area contributed by atoms with Crippen molar-refractivity contribution in [3.05, 3.63) is 28.8 Å². The molecule has 0 saturated heterocycles. The second kappa shape index (κ2) is 6.06. The molecule has 0 spiro atoms. The van der Waals surface area contributed by atoms with E-state index >= 15 is 0 Å². The molecule has 0 amide bonds. The van der Waals surface area contributed by atoms with Crippen LogP contribution in [0.1, 0.15) is 19.7 Å². The van der Waals surface area contributed by atoms with Gasteiger partial charge < -0.3 is 9.84 Å². The number of hydrogen-bond donors (Lipinski definition) is 1. The molecule has 2 rings (SSSR count).